The normalized spacial score (nSPS) is 56.2. The maximum Gasteiger partial charge on any atom is 0.187 e. The van der Waals surface area contributed by atoms with E-state index in [0.29, 0.717) is 44.9 Å². The molecule has 0 aromatic heterocycles. The van der Waals surface area contributed by atoms with Crippen LogP contribution < -0.4 is 0 Å². The van der Waals surface area contributed by atoms with Crippen LogP contribution >= 0.6 is 0 Å². The molecule has 4 saturated heterocycles. The van der Waals surface area contributed by atoms with Gasteiger partial charge >= 0.3 is 0 Å². The van der Waals surface area contributed by atoms with E-state index in [0.717, 1.165) is 12.0 Å². The zero-order valence-electron chi connectivity index (χ0n) is 45.7. The molecule has 8 fully saturated rings. The molecule has 0 spiro atoms. The van der Waals surface area contributed by atoms with Crippen molar-refractivity contribution in [2.24, 2.45) is 50.2 Å². The molecule has 9 aliphatic rings. The summed E-state index contributed by atoms with van der Waals surface area (Å²) < 4.78 is 48.4. The van der Waals surface area contributed by atoms with E-state index < -0.39 is 188 Å². The number of ether oxygens (including phenoxy) is 8. The van der Waals surface area contributed by atoms with Crippen molar-refractivity contribution in [1.29, 1.82) is 0 Å². The van der Waals surface area contributed by atoms with Gasteiger partial charge in [0.2, 0.25) is 0 Å². The molecule has 31 atom stereocenters. The molecule has 16 N–H and O–H groups in total. The molecule has 9 rings (SSSR count). The molecular formula is C54H90O24. The lowest BCUT2D eigenvalue weighted by molar-refractivity contribution is -0.372. The molecule has 24 heteroatoms. The first-order valence-corrected chi connectivity index (χ1v) is 28.1. The van der Waals surface area contributed by atoms with Crippen LogP contribution in [0.1, 0.15) is 99.8 Å². The van der Waals surface area contributed by atoms with Crippen molar-refractivity contribution in [2.45, 2.75) is 241 Å². The minimum Gasteiger partial charge on any atom is -0.394 e. The first kappa shape index (κ1) is 61.3. The fourth-order valence-corrected chi connectivity index (χ4v) is 16.6. The van der Waals surface area contributed by atoms with Crippen LogP contribution in [-0.4, -0.2) is 256 Å². The highest BCUT2D eigenvalue weighted by Crippen LogP contribution is 2.76. The van der Waals surface area contributed by atoms with Crippen LogP contribution in [0.4, 0.5) is 0 Å². The van der Waals surface area contributed by atoms with Gasteiger partial charge in [-0.1, -0.05) is 53.2 Å². The largest absolute Gasteiger partial charge is 0.394 e. The van der Waals surface area contributed by atoms with Gasteiger partial charge in [-0.05, 0) is 97.7 Å². The molecule has 0 aromatic carbocycles. The van der Waals surface area contributed by atoms with Crippen LogP contribution in [0.25, 0.3) is 0 Å². The topological polar surface area (TPSA) is 398 Å². The average Bonchev–Trinajstić information content (AvgIpc) is 3.48. The van der Waals surface area contributed by atoms with Gasteiger partial charge in [0.15, 0.2) is 25.2 Å². The molecule has 4 saturated carbocycles. The monoisotopic (exact) mass is 1120 g/mol. The summed E-state index contributed by atoms with van der Waals surface area (Å²) in [4.78, 5) is 0. The predicted molar refractivity (Wildman–Crippen MR) is 265 cm³/mol. The van der Waals surface area contributed by atoms with E-state index in [2.05, 4.69) is 26.8 Å². The van der Waals surface area contributed by atoms with Gasteiger partial charge in [-0.3, -0.25) is 0 Å². The van der Waals surface area contributed by atoms with Crippen molar-refractivity contribution in [1.82, 2.24) is 0 Å². The summed E-state index contributed by atoms with van der Waals surface area (Å²) in [5, 5.41) is 175. The Labute approximate surface area is 454 Å². The van der Waals surface area contributed by atoms with Crippen molar-refractivity contribution in [3.63, 3.8) is 0 Å². The predicted octanol–water partition coefficient (Wildman–Crippen LogP) is -3.62. The van der Waals surface area contributed by atoms with Crippen molar-refractivity contribution in [2.75, 3.05) is 33.0 Å². The highest BCUT2D eigenvalue weighted by molar-refractivity contribution is 5.35. The summed E-state index contributed by atoms with van der Waals surface area (Å²) in [7, 11) is 0. The van der Waals surface area contributed by atoms with Crippen molar-refractivity contribution in [3.05, 3.63) is 11.6 Å². The van der Waals surface area contributed by atoms with Crippen LogP contribution in [0, 0.1) is 50.2 Å². The number of hydrogen-bond donors (Lipinski definition) is 16. The third kappa shape index (κ3) is 9.71. The highest BCUT2D eigenvalue weighted by Gasteiger charge is 2.71. The van der Waals surface area contributed by atoms with E-state index in [-0.39, 0.29) is 36.4 Å². The first-order valence-electron chi connectivity index (χ1n) is 28.1. The number of fused-ring (bicyclic) bond motifs is 7. The minimum absolute atomic E-state index is 0.0611. The van der Waals surface area contributed by atoms with E-state index in [1.807, 2.05) is 20.8 Å². The molecule has 24 nitrogen and oxygen atoms in total. The van der Waals surface area contributed by atoms with Gasteiger partial charge in [0.05, 0.1) is 57.5 Å². The number of allylic oxidation sites excluding steroid dienone is 2. The summed E-state index contributed by atoms with van der Waals surface area (Å²) in [6.45, 7) is 11.6. The Hall–Kier alpha value is -1.22. The highest BCUT2D eigenvalue weighted by atomic mass is 16.8. The summed E-state index contributed by atoms with van der Waals surface area (Å²) in [5.74, 6) is -0.451. The Morgan fingerprint density at radius 2 is 1.01 bits per heavy atom. The molecule has 4 aliphatic heterocycles. The molecule has 78 heavy (non-hydrogen) atoms. The Balaban J connectivity index is 0.983. The summed E-state index contributed by atoms with van der Waals surface area (Å²) in [6, 6.07) is 0. The van der Waals surface area contributed by atoms with E-state index in [9.17, 15) is 81.7 Å². The molecule has 0 radical (unpaired) electrons. The lowest BCUT2D eigenvalue weighted by Gasteiger charge is -2.72. The first-order chi connectivity index (χ1) is 36.5. The Morgan fingerprint density at radius 1 is 0.513 bits per heavy atom. The number of aliphatic hydroxyl groups is 16. The van der Waals surface area contributed by atoms with Gasteiger partial charge < -0.3 is 120 Å². The Bertz CT molecular complexity index is 2110. The summed E-state index contributed by atoms with van der Waals surface area (Å²) in [5.41, 5.74) is -2.97. The van der Waals surface area contributed by atoms with Gasteiger partial charge in [-0.2, -0.15) is 0 Å². The van der Waals surface area contributed by atoms with Crippen LogP contribution in [0.15, 0.2) is 11.6 Å². The lowest BCUT2D eigenvalue weighted by Crippen LogP contribution is -2.69. The molecule has 450 valence electrons. The molecule has 5 aliphatic carbocycles. The van der Waals surface area contributed by atoms with Crippen LogP contribution in [0.2, 0.25) is 0 Å². The van der Waals surface area contributed by atoms with E-state index >= 15 is 0 Å². The van der Waals surface area contributed by atoms with Gasteiger partial charge in [-0.25, -0.2) is 0 Å². The zero-order chi connectivity index (χ0) is 57.1. The summed E-state index contributed by atoms with van der Waals surface area (Å²) >= 11 is 0. The van der Waals surface area contributed by atoms with Crippen LogP contribution in [0.3, 0.4) is 0 Å². The maximum absolute atomic E-state index is 12.5. The van der Waals surface area contributed by atoms with Crippen molar-refractivity contribution < 1.29 is 120 Å². The Morgan fingerprint density at radius 3 is 1.56 bits per heavy atom. The number of hydrogen-bond acceptors (Lipinski definition) is 24. The number of aliphatic hydroxyl groups excluding tert-OH is 16. The van der Waals surface area contributed by atoms with Gasteiger partial charge in [-0.15, -0.1) is 0 Å². The van der Waals surface area contributed by atoms with E-state index in [4.69, 9.17) is 37.9 Å². The quantitative estimate of drug-likeness (QED) is 0.0792. The van der Waals surface area contributed by atoms with E-state index in [1.54, 1.807) is 0 Å². The molecule has 0 aromatic rings. The molecule has 0 unspecified atom stereocenters. The molecule has 0 bridgehead atoms. The fraction of sp³-hybridized carbons (Fsp3) is 0.963. The maximum atomic E-state index is 12.5. The van der Waals surface area contributed by atoms with Crippen LogP contribution in [-0.2, 0) is 37.9 Å². The fourth-order valence-electron chi connectivity index (χ4n) is 16.6. The van der Waals surface area contributed by atoms with Crippen molar-refractivity contribution >= 4 is 0 Å². The van der Waals surface area contributed by atoms with Gasteiger partial charge in [0.25, 0.3) is 0 Å². The molecular weight excluding hydrogens is 1030 g/mol. The standard InChI is InChI=1S/C54H90O24/c1-22-31(59)35(63)39(67)45(73-22)77-41-37(65)33(61)26(18-56)75-47(41)71-20-51(5)28-10-13-53(7)29(50(28,4)12-11-30(51)58)9-8-23-24-16-49(2,3)43(69)44(70)54(24,15-14-52(23,53)6)21-72-48-42(38(66)34(62)27(19-57)76-48)78-46-40(68)36(64)32(60)25(17-55)74-46/h8,22,24-48,55-70H,9-21H2,1-7H3/t22-,24-,25+,26+,27+,28+,29+,30-,31-,32+,33+,34+,35+,36-,37-,38-,39+,40+,41+,42+,43-,44-,45-,46-,47+,48+,50-,51+,52+,53+,54-/m0/s1. The lowest BCUT2D eigenvalue weighted by atomic mass is 9.33. The van der Waals surface area contributed by atoms with Crippen molar-refractivity contribution in [3.8, 4) is 0 Å². The third-order valence-electron chi connectivity index (χ3n) is 21.8. The minimum atomic E-state index is -1.88. The second-order valence-corrected chi connectivity index (χ2v) is 26.3. The Kier molecular flexibility index (Phi) is 17.6. The number of rotatable bonds is 13. The summed E-state index contributed by atoms with van der Waals surface area (Å²) in [6.07, 6.45) is -28.4. The van der Waals surface area contributed by atoms with Crippen LogP contribution in [0.5, 0.6) is 0 Å². The van der Waals surface area contributed by atoms with Gasteiger partial charge in [0.1, 0.15) is 91.6 Å². The van der Waals surface area contributed by atoms with Gasteiger partial charge in [0, 0.05) is 10.8 Å². The SMILES string of the molecule is C[C@@H]1O[C@@H](O[C@H]2[C@H](OC[C@]3(C)[C@@H]4CC[C@]5(C)[C@H](CC=C6[C@@H]7CC(C)(C)[C@@H](O)[C@H](O)[C@]7(CO[C@@H]7O[C@H](CO)[C@@H](O)[C@H](O)[C@H]7O[C@@H]7O[C@H](CO)[C@@H](O)[C@H](O)[C@H]7O)CC[C@]65C)[C@@]4(C)CC[C@@H]3O)O[C@H](CO)[C@@H](O)[C@@H]2O)[C@H](O)[C@H](O)[C@H]1O. The zero-order valence-corrected chi connectivity index (χ0v) is 45.7. The second kappa shape index (κ2) is 22.3. The second-order valence-electron chi connectivity index (χ2n) is 26.3. The average molecular weight is 1120 g/mol. The molecule has 4 heterocycles. The van der Waals surface area contributed by atoms with E-state index in [1.165, 1.54) is 6.92 Å². The molecule has 0 amide bonds. The third-order valence-corrected chi connectivity index (χ3v) is 21.8. The smallest absolute Gasteiger partial charge is 0.187 e.